The van der Waals surface area contributed by atoms with E-state index in [1.54, 1.807) is 48.4 Å². The average Bonchev–Trinajstić information content (AvgIpc) is 2.89. The van der Waals surface area contributed by atoms with Gasteiger partial charge in [-0.25, -0.2) is 8.42 Å². The summed E-state index contributed by atoms with van der Waals surface area (Å²) in [6.07, 6.45) is 0. The lowest BCUT2D eigenvalue weighted by Crippen LogP contribution is -2.52. The standard InChI is InChI=1S/C27H31N3O4S/c1-21-10-9-14-24(22(21)2)30(35(32,33)23-11-5-4-6-12-23)20-27(31)29-18-16-28(17-19-29)25-13-7-8-15-26(25)34-3/h4-15H,16-20H2,1-3H3. The topological polar surface area (TPSA) is 70.2 Å². The van der Waals surface area contributed by atoms with Crippen LogP contribution in [0.5, 0.6) is 5.75 Å². The fourth-order valence-corrected chi connectivity index (χ4v) is 5.83. The minimum Gasteiger partial charge on any atom is -0.495 e. The molecule has 35 heavy (non-hydrogen) atoms. The van der Waals surface area contributed by atoms with Crippen LogP contribution in [0.25, 0.3) is 0 Å². The van der Waals surface area contributed by atoms with Crippen molar-refractivity contribution >= 4 is 27.3 Å². The number of amides is 1. The van der Waals surface area contributed by atoms with Crippen molar-refractivity contribution in [2.45, 2.75) is 18.7 Å². The Hall–Kier alpha value is -3.52. The maximum Gasteiger partial charge on any atom is 0.264 e. The van der Waals surface area contributed by atoms with Gasteiger partial charge in [0.2, 0.25) is 5.91 Å². The molecule has 0 saturated carbocycles. The molecule has 1 saturated heterocycles. The second-order valence-electron chi connectivity index (χ2n) is 8.58. The van der Waals surface area contributed by atoms with Gasteiger partial charge in [0, 0.05) is 26.2 Å². The number of para-hydroxylation sites is 2. The minimum absolute atomic E-state index is 0.162. The van der Waals surface area contributed by atoms with Crippen LogP contribution in [0.2, 0.25) is 0 Å². The van der Waals surface area contributed by atoms with Crippen LogP contribution in [-0.2, 0) is 14.8 Å². The van der Waals surface area contributed by atoms with Gasteiger partial charge in [-0.2, -0.15) is 0 Å². The molecule has 4 rings (SSSR count). The molecule has 0 atom stereocenters. The third kappa shape index (κ3) is 5.12. The highest BCUT2D eigenvalue weighted by Crippen LogP contribution is 2.30. The lowest BCUT2D eigenvalue weighted by atomic mass is 10.1. The quantitative estimate of drug-likeness (QED) is 0.500. The van der Waals surface area contributed by atoms with E-state index >= 15 is 0 Å². The van der Waals surface area contributed by atoms with E-state index in [2.05, 4.69) is 4.90 Å². The molecular formula is C27H31N3O4S. The van der Waals surface area contributed by atoms with Crippen molar-refractivity contribution in [3.05, 3.63) is 83.9 Å². The Morgan fingerprint density at radius 2 is 1.54 bits per heavy atom. The predicted octanol–water partition coefficient (Wildman–Crippen LogP) is 3.86. The summed E-state index contributed by atoms with van der Waals surface area (Å²) in [6.45, 7) is 5.85. The highest BCUT2D eigenvalue weighted by molar-refractivity contribution is 7.92. The number of ether oxygens (including phenoxy) is 1. The molecular weight excluding hydrogens is 462 g/mol. The highest BCUT2D eigenvalue weighted by atomic mass is 32.2. The van der Waals surface area contributed by atoms with Crippen LogP contribution in [0.1, 0.15) is 11.1 Å². The molecule has 184 valence electrons. The number of nitrogens with zero attached hydrogens (tertiary/aromatic N) is 3. The van der Waals surface area contributed by atoms with Gasteiger partial charge in [-0.1, -0.05) is 42.5 Å². The first kappa shape index (κ1) is 24.6. The molecule has 1 aliphatic rings. The average molecular weight is 494 g/mol. The number of carbonyl (C=O) groups excluding carboxylic acids is 1. The zero-order chi connectivity index (χ0) is 25.0. The number of aryl methyl sites for hydroxylation is 1. The molecule has 8 heteroatoms. The van der Waals surface area contributed by atoms with Gasteiger partial charge in [-0.15, -0.1) is 0 Å². The van der Waals surface area contributed by atoms with Crippen molar-refractivity contribution in [2.24, 2.45) is 0 Å². The number of benzene rings is 3. The summed E-state index contributed by atoms with van der Waals surface area (Å²) in [4.78, 5) is 17.5. The van der Waals surface area contributed by atoms with E-state index in [-0.39, 0.29) is 17.3 Å². The third-order valence-corrected chi connectivity index (χ3v) is 8.29. The molecule has 0 unspecified atom stereocenters. The molecule has 0 aliphatic carbocycles. The summed E-state index contributed by atoms with van der Waals surface area (Å²) >= 11 is 0. The molecule has 1 amide bonds. The van der Waals surface area contributed by atoms with Gasteiger partial charge in [-0.05, 0) is 55.3 Å². The molecule has 0 spiro atoms. The second kappa shape index (κ2) is 10.4. The van der Waals surface area contributed by atoms with E-state index in [9.17, 15) is 13.2 Å². The summed E-state index contributed by atoms with van der Waals surface area (Å²) in [5.74, 6) is 0.576. The van der Waals surface area contributed by atoms with Crippen LogP contribution < -0.4 is 13.9 Å². The van der Waals surface area contributed by atoms with Crippen LogP contribution in [0.15, 0.2) is 77.7 Å². The zero-order valence-corrected chi connectivity index (χ0v) is 21.2. The lowest BCUT2D eigenvalue weighted by molar-refractivity contribution is -0.129. The molecule has 1 aliphatic heterocycles. The summed E-state index contributed by atoms with van der Waals surface area (Å²) < 4.78 is 34.0. The van der Waals surface area contributed by atoms with E-state index in [4.69, 9.17) is 4.74 Å². The minimum atomic E-state index is -3.93. The Kier molecular flexibility index (Phi) is 7.31. The fourth-order valence-electron chi connectivity index (χ4n) is 4.34. The number of rotatable bonds is 7. The van der Waals surface area contributed by atoms with E-state index in [1.165, 1.54) is 4.31 Å². The van der Waals surface area contributed by atoms with Gasteiger partial charge in [0.1, 0.15) is 12.3 Å². The molecule has 1 fully saturated rings. The Balaban J connectivity index is 1.56. The van der Waals surface area contributed by atoms with Crippen molar-refractivity contribution in [3.8, 4) is 5.75 Å². The van der Waals surface area contributed by atoms with Crippen LogP contribution in [0.3, 0.4) is 0 Å². The smallest absolute Gasteiger partial charge is 0.264 e. The lowest BCUT2D eigenvalue weighted by Gasteiger charge is -2.37. The number of methoxy groups -OCH3 is 1. The maximum absolute atomic E-state index is 13.7. The molecule has 0 N–H and O–H groups in total. The molecule has 7 nitrogen and oxygen atoms in total. The van der Waals surface area contributed by atoms with Crippen molar-refractivity contribution in [3.63, 3.8) is 0 Å². The first-order valence-electron chi connectivity index (χ1n) is 11.6. The van der Waals surface area contributed by atoms with Crippen LogP contribution in [-0.4, -0.2) is 59.1 Å². The number of anilines is 2. The first-order chi connectivity index (χ1) is 16.8. The van der Waals surface area contributed by atoms with Crippen molar-refractivity contribution < 1.29 is 17.9 Å². The molecule has 1 heterocycles. The normalized spacial score (nSPS) is 14.0. The van der Waals surface area contributed by atoms with E-state index < -0.39 is 10.0 Å². The molecule has 0 aromatic heterocycles. The van der Waals surface area contributed by atoms with Crippen LogP contribution >= 0.6 is 0 Å². The first-order valence-corrected chi connectivity index (χ1v) is 13.1. The number of hydrogen-bond donors (Lipinski definition) is 0. The number of hydrogen-bond acceptors (Lipinski definition) is 5. The SMILES string of the molecule is COc1ccccc1N1CCN(C(=O)CN(c2cccc(C)c2C)S(=O)(=O)c2ccccc2)CC1. The Labute approximate surface area is 207 Å². The third-order valence-electron chi connectivity index (χ3n) is 6.51. The largest absolute Gasteiger partial charge is 0.495 e. The number of sulfonamides is 1. The Morgan fingerprint density at radius 1 is 0.886 bits per heavy atom. The summed E-state index contributed by atoms with van der Waals surface area (Å²) in [7, 11) is -2.28. The Bertz CT molecular complexity index is 1290. The maximum atomic E-state index is 13.7. The zero-order valence-electron chi connectivity index (χ0n) is 20.3. The Morgan fingerprint density at radius 3 is 2.23 bits per heavy atom. The predicted molar refractivity (Wildman–Crippen MR) is 139 cm³/mol. The summed E-state index contributed by atoms with van der Waals surface area (Å²) in [6, 6.07) is 21.6. The van der Waals surface area contributed by atoms with Gasteiger partial charge in [0.05, 0.1) is 23.4 Å². The van der Waals surface area contributed by atoms with Crippen molar-refractivity contribution in [2.75, 3.05) is 49.0 Å². The van der Waals surface area contributed by atoms with Gasteiger partial charge >= 0.3 is 0 Å². The van der Waals surface area contributed by atoms with Crippen LogP contribution in [0, 0.1) is 13.8 Å². The summed E-state index contributed by atoms with van der Waals surface area (Å²) in [5.41, 5.74) is 3.31. The van der Waals surface area contributed by atoms with Gasteiger partial charge in [-0.3, -0.25) is 9.10 Å². The van der Waals surface area contributed by atoms with Crippen LogP contribution in [0.4, 0.5) is 11.4 Å². The second-order valence-corrected chi connectivity index (χ2v) is 10.4. The molecule has 0 radical (unpaired) electrons. The van der Waals surface area contributed by atoms with Gasteiger partial charge in [0.15, 0.2) is 0 Å². The van der Waals surface area contributed by atoms with Gasteiger partial charge < -0.3 is 14.5 Å². The molecule has 3 aromatic rings. The number of piperazine rings is 1. The molecule has 0 bridgehead atoms. The highest BCUT2D eigenvalue weighted by Gasteiger charge is 2.31. The van der Waals surface area contributed by atoms with Crippen molar-refractivity contribution in [1.29, 1.82) is 0 Å². The fraction of sp³-hybridized carbons (Fsp3) is 0.296. The summed E-state index contributed by atoms with van der Waals surface area (Å²) in [5, 5.41) is 0. The number of carbonyl (C=O) groups is 1. The van der Waals surface area contributed by atoms with E-state index in [0.717, 1.165) is 22.6 Å². The van der Waals surface area contributed by atoms with E-state index in [0.29, 0.717) is 31.9 Å². The van der Waals surface area contributed by atoms with Gasteiger partial charge in [0.25, 0.3) is 10.0 Å². The molecule has 3 aromatic carbocycles. The van der Waals surface area contributed by atoms with E-state index in [1.807, 2.05) is 50.2 Å². The monoisotopic (exact) mass is 493 g/mol. The van der Waals surface area contributed by atoms with Crippen molar-refractivity contribution in [1.82, 2.24) is 4.90 Å².